The molecule has 3 aromatic rings. The van der Waals surface area contributed by atoms with Crippen LogP contribution in [0.1, 0.15) is 5.56 Å². The highest BCUT2D eigenvalue weighted by molar-refractivity contribution is 5.67. The van der Waals surface area contributed by atoms with E-state index < -0.39 is 0 Å². The van der Waals surface area contributed by atoms with Gasteiger partial charge in [-0.25, -0.2) is 4.98 Å². The monoisotopic (exact) mass is 262 g/mol. The van der Waals surface area contributed by atoms with E-state index in [1.54, 1.807) is 6.20 Å². The van der Waals surface area contributed by atoms with Crippen molar-refractivity contribution >= 4 is 5.69 Å². The van der Waals surface area contributed by atoms with Gasteiger partial charge in [-0.3, -0.25) is 9.97 Å². The first-order chi connectivity index (χ1) is 9.72. The molecule has 0 bridgehead atoms. The lowest BCUT2D eigenvalue weighted by molar-refractivity contribution is 1.21. The van der Waals surface area contributed by atoms with E-state index in [4.69, 9.17) is 5.73 Å². The van der Waals surface area contributed by atoms with E-state index in [1.807, 2.05) is 55.6 Å². The highest BCUT2D eigenvalue weighted by Crippen LogP contribution is 2.23. The number of aromatic nitrogens is 3. The Bertz CT molecular complexity index is 721. The van der Waals surface area contributed by atoms with Gasteiger partial charge in [0.15, 0.2) is 0 Å². The Morgan fingerprint density at radius 3 is 2.20 bits per heavy atom. The zero-order valence-electron chi connectivity index (χ0n) is 11.1. The number of aryl methyl sites for hydroxylation is 1. The van der Waals surface area contributed by atoms with Gasteiger partial charge in [-0.05, 0) is 42.8 Å². The van der Waals surface area contributed by atoms with E-state index in [-0.39, 0.29) is 0 Å². The van der Waals surface area contributed by atoms with Gasteiger partial charge < -0.3 is 5.73 Å². The molecule has 0 atom stereocenters. The Hall–Kier alpha value is -2.75. The van der Waals surface area contributed by atoms with Crippen molar-refractivity contribution in [3.8, 4) is 22.8 Å². The molecule has 0 spiro atoms. The number of hydrogen-bond acceptors (Lipinski definition) is 4. The lowest BCUT2D eigenvalue weighted by atomic mass is 10.1. The van der Waals surface area contributed by atoms with Gasteiger partial charge >= 0.3 is 0 Å². The molecule has 3 aromatic heterocycles. The summed E-state index contributed by atoms with van der Waals surface area (Å²) in [6.45, 7) is 2.00. The van der Waals surface area contributed by atoms with Gasteiger partial charge in [0.05, 0.1) is 22.8 Å². The van der Waals surface area contributed by atoms with Crippen LogP contribution in [0.25, 0.3) is 22.8 Å². The van der Waals surface area contributed by atoms with Gasteiger partial charge in [0.2, 0.25) is 0 Å². The first-order valence-electron chi connectivity index (χ1n) is 6.34. The van der Waals surface area contributed by atoms with E-state index in [0.717, 1.165) is 28.3 Å². The van der Waals surface area contributed by atoms with Gasteiger partial charge in [-0.1, -0.05) is 12.1 Å². The molecule has 0 radical (unpaired) electrons. The summed E-state index contributed by atoms with van der Waals surface area (Å²) in [6.07, 6.45) is 3.56. The Labute approximate surface area is 117 Å². The normalized spacial score (nSPS) is 10.4. The van der Waals surface area contributed by atoms with Crippen molar-refractivity contribution < 1.29 is 0 Å². The largest absolute Gasteiger partial charge is 0.399 e. The molecule has 0 aromatic carbocycles. The second-order valence-corrected chi connectivity index (χ2v) is 4.61. The van der Waals surface area contributed by atoms with Crippen LogP contribution in [0.3, 0.4) is 0 Å². The minimum atomic E-state index is 0.651. The van der Waals surface area contributed by atoms with Gasteiger partial charge in [0, 0.05) is 18.1 Å². The summed E-state index contributed by atoms with van der Waals surface area (Å²) >= 11 is 0. The van der Waals surface area contributed by atoms with E-state index in [2.05, 4.69) is 15.0 Å². The summed E-state index contributed by atoms with van der Waals surface area (Å²) in [7, 11) is 0. The maximum Gasteiger partial charge on any atom is 0.0914 e. The Kier molecular flexibility index (Phi) is 3.13. The van der Waals surface area contributed by atoms with Crippen LogP contribution in [0.5, 0.6) is 0 Å². The number of hydrogen-bond donors (Lipinski definition) is 1. The van der Waals surface area contributed by atoms with Crippen LogP contribution in [-0.4, -0.2) is 15.0 Å². The van der Waals surface area contributed by atoms with Gasteiger partial charge in [0.25, 0.3) is 0 Å². The Balaban J connectivity index is 2.09. The number of rotatable bonds is 2. The van der Waals surface area contributed by atoms with Gasteiger partial charge in [-0.15, -0.1) is 0 Å². The van der Waals surface area contributed by atoms with E-state index in [9.17, 15) is 0 Å². The Morgan fingerprint density at radius 1 is 0.850 bits per heavy atom. The first-order valence-corrected chi connectivity index (χ1v) is 6.34. The number of nitrogen functional groups attached to an aromatic ring is 1. The molecular formula is C16H14N4. The van der Waals surface area contributed by atoms with Gasteiger partial charge in [-0.2, -0.15) is 0 Å². The second-order valence-electron chi connectivity index (χ2n) is 4.61. The summed E-state index contributed by atoms with van der Waals surface area (Å²) in [4.78, 5) is 13.3. The molecule has 0 aliphatic heterocycles. The lowest BCUT2D eigenvalue weighted by Crippen LogP contribution is -1.95. The molecule has 0 fully saturated rings. The van der Waals surface area contributed by atoms with Crippen molar-refractivity contribution in [2.75, 3.05) is 5.73 Å². The van der Waals surface area contributed by atoms with E-state index in [0.29, 0.717) is 5.69 Å². The van der Waals surface area contributed by atoms with Crippen molar-refractivity contribution in [1.82, 2.24) is 15.0 Å². The molecule has 0 unspecified atom stereocenters. The number of pyridine rings is 3. The third-order valence-corrected chi connectivity index (χ3v) is 2.95. The summed E-state index contributed by atoms with van der Waals surface area (Å²) in [6, 6.07) is 13.3. The zero-order chi connectivity index (χ0) is 13.9. The molecule has 0 aliphatic carbocycles. The highest BCUT2D eigenvalue weighted by atomic mass is 14.8. The molecule has 3 rings (SSSR count). The molecule has 0 saturated heterocycles. The number of nitrogens with two attached hydrogens (primary N) is 1. The maximum absolute atomic E-state index is 5.97. The maximum atomic E-state index is 5.97. The fraction of sp³-hybridized carbons (Fsp3) is 0.0625. The van der Waals surface area contributed by atoms with Crippen molar-refractivity contribution in [3.05, 3.63) is 60.4 Å². The number of nitrogens with zero attached hydrogens (tertiary/aromatic N) is 3. The van der Waals surface area contributed by atoms with Crippen LogP contribution in [0, 0.1) is 6.92 Å². The molecule has 20 heavy (non-hydrogen) atoms. The smallest absolute Gasteiger partial charge is 0.0914 e. The van der Waals surface area contributed by atoms with Crippen LogP contribution >= 0.6 is 0 Å². The predicted octanol–water partition coefficient (Wildman–Crippen LogP) is 3.10. The third kappa shape index (κ3) is 2.49. The molecule has 2 N–H and O–H groups in total. The highest BCUT2D eigenvalue weighted by Gasteiger charge is 2.07. The molecule has 4 nitrogen and oxygen atoms in total. The first kappa shape index (κ1) is 12.3. The molecule has 4 heteroatoms. The SMILES string of the molecule is Cc1ccc(-c2cc(N)cc(-c3ccccn3)n2)nc1. The van der Waals surface area contributed by atoms with Crippen molar-refractivity contribution in [2.45, 2.75) is 6.92 Å². The van der Waals surface area contributed by atoms with Crippen molar-refractivity contribution in [2.24, 2.45) is 0 Å². The summed E-state index contributed by atoms with van der Waals surface area (Å²) in [5, 5.41) is 0. The van der Waals surface area contributed by atoms with E-state index in [1.165, 1.54) is 0 Å². The molecule has 3 heterocycles. The lowest BCUT2D eigenvalue weighted by Gasteiger charge is -2.06. The van der Waals surface area contributed by atoms with E-state index >= 15 is 0 Å². The standard InChI is InChI=1S/C16H14N4/c1-11-5-6-14(19-10-11)16-9-12(17)8-15(20-16)13-4-2-3-7-18-13/h2-10H,1H3,(H2,17,20). The summed E-state index contributed by atoms with van der Waals surface area (Å²) < 4.78 is 0. The van der Waals surface area contributed by atoms with Crippen LogP contribution in [0.2, 0.25) is 0 Å². The average molecular weight is 262 g/mol. The molecule has 0 aliphatic rings. The Morgan fingerprint density at radius 2 is 1.60 bits per heavy atom. The van der Waals surface area contributed by atoms with Crippen molar-refractivity contribution in [3.63, 3.8) is 0 Å². The second kappa shape index (κ2) is 5.09. The van der Waals surface area contributed by atoms with Crippen molar-refractivity contribution in [1.29, 1.82) is 0 Å². The zero-order valence-corrected chi connectivity index (χ0v) is 11.1. The average Bonchev–Trinajstić information content (AvgIpc) is 2.48. The minimum absolute atomic E-state index is 0.651. The van der Waals surface area contributed by atoms with Crippen LogP contribution < -0.4 is 5.73 Å². The predicted molar refractivity (Wildman–Crippen MR) is 79.8 cm³/mol. The fourth-order valence-corrected chi connectivity index (χ4v) is 1.95. The molecule has 0 amide bonds. The number of anilines is 1. The molecule has 0 saturated carbocycles. The van der Waals surface area contributed by atoms with Crippen LogP contribution in [0.15, 0.2) is 54.9 Å². The molecule has 98 valence electrons. The quantitative estimate of drug-likeness (QED) is 0.770. The van der Waals surface area contributed by atoms with Crippen LogP contribution in [-0.2, 0) is 0 Å². The summed E-state index contributed by atoms with van der Waals surface area (Å²) in [5.74, 6) is 0. The minimum Gasteiger partial charge on any atom is -0.399 e. The fourth-order valence-electron chi connectivity index (χ4n) is 1.95. The third-order valence-electron chi connectivity index (χ3n) is 2.95. The summed E-state index contributed by atoms with van der Waals surface area (Å²) in [5.41, 5.74) is 10.8. The van der Waals surface area contributed by atoms with Crippen LogP contribution in [0.4, 0.5) is 5.69 Å². The topological polar surface area (TPSA) is 64.7 Å². The van der Waals surface area contributed by atoms with Gasteiger partial charge in [0.1, 0.15) is 0 Å². The molecular weight excluding hydrogens is 248 g/mol.